The Hall–Kier alpha value is -3.16. The van der Waals surface area contributed by atoms with E-state index in [1.54, 1.807) is 29.0 Å². The van der Waals surface area contributed by atoms with Crippen LogP contribution in [0, 0.1) is 6.92 Å². The molecule has 134 valence electrons. The number of carbonyl (C=O) groups excluding carboxylic acids is 1. The highest BCUT2D eigenvalue weighted by molar-refractivity contribution is 5.89. The van der Waals surface area contributed by atoms with Gasteiger partial charge in [-0.1, -0.05) is 5.16 Å². The normalized spacial score (nSPS) is 16.8. The highest BCUT2D eigenvalue weighted by Gasteiger charge is 2.32. The monoisotopic (exact) mass is 352 g/mol. The number of aryl methyl sites for hydroxylation is 2. The average molecular weight is 352 g/mol. The van der Waals surface area contributed by atoms with Crippen LogP contribution in [0.1, 0.15) is 30.3 Å². The molecule has 8 nitrogen and oxygen atoms in total. The summed E-state index contributed by atoms with van der Waals surface area (Å²) in [5, 5.41) is 11.5. The van der Waals surface area contributed by atoms with Crippen LogP contribution in [0.25, 0.3) is 11.3 Å². The number of rotatable bonds is 3. The van der Waals surface area contributed by atoms with Crippen molar-refractivity contribution in [2.24, 2.45) is 7.05 Å². The van der Waals surface area contributed by atoms with E-state index >= 15 is 0 Å². The van der Waals surface area contributed by atoms with Crippen LogP contribution in [0.3, 0.4) is 0 Å². The third-order valence-corrected chi connectivity index (χ3v) is 4.57. The van der Waals surface area contributed by atoms with Gasteiger partial charge in [0.1, 0.15) is 17.3 Å². The zero-order valence-electron chi connectivity index (χ0n) is 14.7. The number of anilines is 1. The van der Waals surface area contributed by atoms with Gasteiger partial charge in [0.05, 0.1) is 11.7 Å². The molecule has 3 aromatic heterocycles. The fourth-order valence-corrected chi connectivity index (χ4v) is 3.28. The number of aromatic nitrogens is 4. The molecule has 1 aliphatic rings. The molecule has 2 amide bonds. The number of amides is 2. The molecule has 0 spiro atoms. The second-order valence-corrected chi connectivity index (χ2v) is 6.42. The first-order chi connectivity index (χ1) is 12.6. The van der Waals surface area contributed by atoms with Crippen molar-refractivity contribution in [3.8, 4) is 11.3 Å². The average Bonchev–Trinajstić information content (AvgIpc) is 3.36. The molecule has 1 atom stereocenters. The second-order valence-electron chi connectivity index (χ2n) is 6.42. The minimum Gasteiger partial charge on any atom is -0.361 e. The van der Waals surface area contributed by atoms with Gasteiger partial charge in [-0.3, -0.25) is 15.0 Å². The van der Waals surface area contributed by atoms with Crippen LogP contribution in [0.4, 0.5) is 10.6 Å². The van der Waals surface area contributed by atoms with E-state index < -0.39 is 0 Å². The van der Waals surface area contributed by atoms with E-state index in [2.05, 4.69) is 20.6 Å². The molecule has 4 heterocycles. The summed E-state index contributed by atoms with van der Waals surface area (Å²) in [5.74, 6) is 1.39. The Balaban J connectivity index is 1.52. The molecule has 8 heteroatoms. The summed E-state index contributed by atoms with van der Waals surface area (Å²) in [6.45, 7) is 2.54. The van der Waals surface area contributed by atoms with Crippen molar-refractivity contribution in [1.82, 2.24) is 24.8 Å². The fraction of sp³-hybridized carbons (Fsp3) is 0.333. The number of nitrogens with zero attached hydrogens (tertiary/aromatic N) is 5. The minimum atomic E-state index is -0.158. The van der Waals surface area contributed by atoms with E-state index in [-0.39, 0.29) is 12.1 Å². The molecule has 1 saturated heterocycles. The molecule has 4 rings (SSSR count). The number of pyridine rings is 1. The predicted molar refractivity (Wildman–Crippen MR) is 95.4 cm³/mol. The van der Waals surface area contributed by atoms with Crippen molar-refractivity contribution >= 4 is 11.8 Å². The van der Waals surface area contributed by atoms with Gasteiger partial charge in [-0.05, 0) is 31.9 Å². The Morgan fingerprint density at radius 1 is 1.38 bits per heavy atom. The van der Waals surface area contributed by atoms with Gasteiger partial charge in [0.15, 0.2) is 0 Å². The van der Waals surface area contributed by atoms with Gasteiger partial charge in [-0.15, -0.1) is 0 Å². The SMILES string of the molecule is Cc1cc(C2CCCN2C(=O)Nc2cc(-c3cccnc3)nn2C)no1. The Labute approximate surface area is 150 Å². The molecule has 26 heavy (non-hydrogen) atoms. The van der Waals surface area contributed by atoms with Gasteiger partial charge in [0.2, 0.25) is 0 Å². The topological polar surface area (TPSA) is 89.1 Å². The number of likely N-dealkylation sites (tertiary alicyclic amines) is 1. The standard InChI is InChI=1S/C18H20N6O2/c1-12-9-15(22-26-12)16-6-4-8-24(16)18(25)20-17-10-14(21-23(17)2)13-5-3-7-19-11-13/h3,5,7,9-11,16H,4,6,8H2,1-2H3,(H,20,25). The number of nitrogens with one attached hydrogen (secondary N) is 1. The number of hydrogen-bond acceptors (Lipinski definition) is 5. The molecule has 0 bridgehead atoms. The van der Waals surface area contributed by atoms with Crippen LogP contribution in [-0.2, 0) is 7.05 Å². The zero-order valence-corrected chi connectivity index (χ0v) is 14.7. The molecule has 1 N–H and O–H groups in total. The smallest absolute Gasteiger partial charge is 0.323 e. The molecule has 0 aliphatic carbocycles. The van der Waals surface area contributed by atoms with Crippen molar-refractivity contribution in [2.45, 2.75) is 25.8 Å². The number of hydrogen-bond donors (Lipinski definition) is 1. The third-order valence-electron chi connectivity index (χ3n) is 4.57. The Bertz CT molecular complexity index is 917. The Morgan fingerprint density at radius 2 is 2.27 bits per heavy atom. The van der Waals surface area contributed by atoms with E-state index in [9.17, 15) is 4.79 Å². The maximum Gasteiger partial charge on any atom is 0.323 e. The minimum absolute atomic E-state index is 0.0570. The van der Waals surface area contributed by atoms with Crippen LogP contribution in [-0.4, -0.2) is 37.4 Å². The summed E-state index contributed by atoms with van der Waals surface area (Å²) >= 11 is 0. The highest BCUT2D eigenvalue weighted by Crippen LogP contribution is 2.32. The molecule has 0 radical (unpaired) electrons. The molecule has 0 saturated carbocycles. The first-order valence-electron chi connectivity index (χ1n) is 8.57. The summed E-state index contributed by atoms with van der Waals surface area (Å²) in [6, 6.07) is 7.31. The maximum absolute atomic E-state index is 12.8. The van der Waals surface area contributed by atoms with E-state index in [1.807, 2.05) is 31.2 Å². The summed E-state index contributed by atoms with van der Waals surface area (Å²) in [6.07, 6.45) is 5.29. The zero-order chi connectivity index (χ0) is 18.1. The van der Waals surface area contributed by atoms with Crippen molar-refractivity contribution in [1.29, 1.82) is 0 Å². The fourth-order valence-electron chi connectivity index (χ4n) is 3.28. The summed E-state index contributed by atoms with van der Waals surface area (Å²) in [7, 11) is 1.80. The highest BCUT2D eigenvalue weighted by atomic mass is 16.5. The third kappa shape index (κ3) is 3.05. The molecule has 1 fully saturated rings. The lowest BCUT2D eigenvalue weighted by molar-refractivity contribution is 0.204. The molecule has 0 aromatic carbocycles. The lowest BCUT2D eigenvalue weighted by Crippen LogP contribution is -2.35. The van der Waals surface area contributed by atoms with Crippen LogP contribution >= 0.6 is 0 Å². The lowest BCUT2D eigenvalue weighted by atomic mass is 10.1. The molecular formula is C18H20N6O2. The van der Waals surface area contributed by atoms with Gasteiger partial charge in [-0.25, -0.2) is 4.79 Å². The predicted octanol–water partition coefficient (Wildman–Crippen LogP) is 3.15. The lowest BCUT2D eigenvalue weighted by Gasteiger charge is -2.23. The summed E-state index contributed by atoms with van der Waals surface area (Å²) in [4.78, 5) is 18.7. The Kier molecular flexibility index (Phi) is 4.16. The Morgan fingerprint density at radius 3 is 3.00 bits per heavy atom. The van der Waals surface area contributed by atoms with E-state index in [1.165, 1.54) is 0 Å². The van der Waals surface area contributed by atoms with Gasteiger partial charge >= 0.3 is 6.03 Å². The van der Waals surface area contributed by atoms with Crippen molar-refractivity contribution in [3.05, 3.63) is 48.1 Å². The van der Waals surface area contributed by atoms with Crippen molar-refractivity contribution in [2.75, 3.05) is 11.9 Å². The van der Waals surface area contributed by atoms with Crippen LogP contribution in [0.2, 0.25) is 0 Å². The molecule has 1 unspecified atom stereocenters. The van der Waals surface area contributed by atoms with Crippen molar-refractivity contribution in [3.63, 3.8) is 0 Å². The number of urea groups is 1. The van der Waals surface area contributed by atoms with Gasteiger partial charge in [0.25, 0.3) is 0 Å². The molecule has 3 aromatic rings. The van der Waals surface area contributed by atoms with Crippen LogP contribution in [0.5, 0.6) is 0 Å². The van der Waals surface area contributed by atoms with Crippen molar-refractivity contribution < 1.29 is 9.32 Å². The second kappa shape index (κ2) is 6.62. The van der Waals surface area contributed by atoms with E-state index in [0.29, 0.717) is 12.4 Å². The number of carbonyl (C=O) groups is 1. The summed E-state index contributed by atoms with van der Waals surface area (Å²) in [5.41, 5.74) is 2.47. The largest absolute Gasteiger partial charge is 0.361 e. The first-order valence-corrected chi connectivity index (χ1v) is 8.57. The van der Waals surface area contributed by atoms with Gasteiger partial charge in [-0.2, -0.15) is 5.10 Å². The van der Waals surface area contributed by atoms with E-state index in [4.69, 9.17) is 4.52 Å². The quantitative estimate of drug-likeness (QED) is 0.782. The first kappa shape index (κ1) is 16.3. The van der Waals surface area contributed by atoms with Gasteiger partial charge < -0.3 is 9.42 Å². The maximum atomic E-state index is 12.8. The summed E-state index contributed by atoms with van der Waals surface area (Å²) < 4.78 is 6.82. The molecular weight excluding hydrogens is 332 g/mol. The van der Waals surface area contributed by atoms with E-state index in [0.717, 1.165) is 35.6 Å². The van der Waals surface area contributed by atoms with Crippen LogP contribution in [0.15, 0.2) is 41.2 Å². The van der Waals surface area contributed by atoms with Crippen LogP contribution < -0.4 is 5.32 Å². The van der Waals surface area contributed by atoms with Gasteiger partial charge in [0, 0.05) is 43.7 Å². The molecule has 1 aliphatic heterocycles.